The fourth-order valence-corrected chi connectivity index (χ4v) is 6.10. The van der Waals surface area contributed by atoms with Crippen LogP contribution in [0.15, 0.2) is 89.1 Å². The van der Waals surface area contributed by atoms with E-state index in [9.17, 15) is 13.6 Å². The summed E-state index contributed by atoms with van der Waals surface area (Å²) in [6.45, 7) is 2.06. The van der Waals surface area contributed by atoms with Crippen molar-refractivity contribution >= 4 is 28.4 Å². The fourth-order valence-electron chi connectivity index (χ4n) is 4.94. The lowest BCUT2D eigenvalue weighted by atomic mass is 9.95. The van der Waals surface area contributed by atoms with Crippen molar-refractivity contribution in [2.45, 2.75) is 37.5 Å². The van der Waals surface area contributed by atoms with E-state index >= 15 is 0 Å². The van der Waals surface area contributed by atoms with E-state index < -0.39 is 17.0 Å². The van der Waals surface area contributed by atoms with E-state index in [1.807, 2.05) is 41.1 Å². The minimum absolute atomic E-state index is 0. The molecule has 1 atom stereocenters. The third kappa shape index (κ3) is 6.42. The summed E-state index contributed by atoms with van der Waals surface area (Å²) in [6.07, 6.45) is 3.76. The van der Waals surface area contributed by atoms with E-state index in [4.69, 9.17) is 9.84 Å². The smallest absolute Gasteiger partial charge is 0.357 e. The second-order valence-electron chi connectivity index (χ2n) is 10.1. The summed E-state index contributed by atoms with van der Waals surface area (Å²) in [4.78, 5) is 17.3. The minimum Gasteiger partial charge on any atom is -0.612 e. The molecule has 5 aromatic rings. The average molecular weight is 601 g/mol. The molecule has 0 saturated heterocycles. The van der Waals surface area contributed by atoms with E-state index in [2.05, 4.69) is 35.3 Å². The largest absolute Gasteiger partial charge is 0.612 e. The van der Waals surface area contributed by atoms with Crippen LogP contribution in [0, 0.1) is 5.92 Å². The molecule has 6 rings (SSSR count). The third-order valence-electron chi connectivity index (χ3n) is 7.20. The summed E-state index contributed by atoms with van der Waals surface area (Å²) in [5.41, 5.74) is 7.46. The number of aromatic nitrogens is 3. The van der Waals surface area contributed by atoms with Crippen LogP contribution in [0.3, 0.4) is 0 Å². The highest BCUT2D eigenvalue weighted by Gasteiger charge is 2.29. The Hall–Kier alpha value is -3.96. The molecule has 3 N–H and O–H groups in total. The zero-order valence-corrected chi connectivity index (χ0v) is 24.9. The Kier molecular flexibility index (Phi) is 9.08. The van der Waals surface area contributed by atoms with Gasteiger partial charge in [-0.1, -0.05) is 60.7 Å². The molecule has 1 saturated carbocycles. The van der Waals surface area contributed by atoms with Gasteiger partial charge in [0.05, 0.1) is 29.1 Å². The summed E-state index contributed by atoms with van der Waals surface area (Å²) in [7, 11) is 0. The zero-order chi connectivity index (χ0) is 28.3. The van der Waals surface area contributed by atoms with E-state index in [0.717, 1.165) is 45.6 Å². The number of nitrogens with zero attached hydrogens (tertiary/aromatic N) is 3. The number of carbonyl (C=O) groups is 1. The van der Waals surface area contributed by atoms with Crippen molar-refractivity contribution in [3.63, 3.8) is 0 Å². The molecule has 2 aromatic heterocycles. The van der Waals surface area contributed by atoms with Crippen LogP contribution in [-0.2, 0) is 32.9 Å². The van der Waals surface area contributed by atoms with E-state index in [-0.39, 0.29) is 18.5 Å². The van der Waals surface area contributed by atoms with Crippen molar-refractivity contribution < 1.29 is 18.3 Å². The molecule has 10 heteroatoms. The van der Waals surface area contributed by atoms with Crippen molar-refractivity contribution in [2.75, 3.05) is 6.61 Å². The van der Waals surface area contributed by atoms with Crippen LogP contribution in [0.2, 0.25) is 0 Å². The summed E-state index contributed by atoms with van der Waals surface area (Å²) in [5.74, 6) is 0.128. The number of ether oxygens (including phenoxy) is 1. The zero-order valence-electron chi connectivity index (χ0n) is 23.2. The van der Waals surface area contributed by atoms with Gasteiger partial charge in [0.2, 0.25) is 5.13 Å². The van der Waals surface area contributed by atoms with Crippen LogP contribution in [0.1, 0.15) is 47.1 Å². The first-order valence-electron chi connectivity index (χ1n) is 13.6. The molecule has 0 spiro atoms. The number of thiazole rings is 1. The molecule has 1 aliphatic carbocycles. The van der Waals surface area contributed by atoms with Crippen molar-refractivity contribution in [1.82, 2.24) is 20.9 Å². The number of esters is 1. The molecular formula is C32H32N4O4S2. The average Bonchev–Trinajstić information content (AvgIpc) is 3.56. The van der Waals surface area contributed by atoms with Crippen LogP contribution < -0.4 is 6.15 Å². The van der Waals surface area contributed by atoms with Crippen molar-refractivity contribution in [3.8, 4) is 27.5 Å². The number of thiol groups is 1. The Morgan fingerprint density at radius 2 is 1.74 bits per heavy atom. The number of hydrogen-bond donors (Lipinski definition) is 1. The predicted molar refractivity (Wildman–Crippen MR) is 165 cm³/mol. The predicted octanol–water partition coefficient (Wildman–Crippen LogP) is 6.73. The Balaban J connectivity index is 0.00000353. The van der Waals surface area contributed by atoms with Gasteiger partial charge in [-0.2, -0.15) is 5.10 Å². The lowest BCUT2D eigenvalue weighted by Gasteiger charge is -2.10. The van der Waals surface area contributed by atoms with Crippen LogP contribution in [-0.4, -0.2) is 31.9 Å². The van der Waals surface area contributed by atoms with Gasteiger partial charge in [0.15, 0.2) is 10.6 Å². The summed E-state index contributed by atoms with van der Waals surface area (Å²) >= 11 is -1.27. The first-order chi connectivity index (χ1) is 20.0. The van der Waals surface area contributed by atoms with Crippen molar-refractivity contribution in [2.24, 2.45) is 5.92 Å². The topological polar surface area (TPSA) is 132 Å². The first kappa shape index (κ1) is 29.5. The van der Waals surface area contributed by atoms with Crippen LogP contribution in [0.5, 0.6) is 0 Å². The maximum Gasteiger partial charge on any atom is 0.357 e. The van der Waals surface area contributed by atoms with Crippen molar-refractivity contribution in [1.29, 1.82) is 0 Å². The van der Waals surface area contributed by atoms with Crippen LogP contribution in [0.25, 0.3) is 27.5 Å². The molecule has 1 fully saturated rings. The molecule has 3 aromatic carbocycles. The molecule has 0 amide bonds. The number of rotatable bonds is 10. The third-order valence-corrected chi connectivity index (χ3v) is 8.73. The van der Waals surface area contributed by atoms with E-state index in [1.54, 1.807) is 24.4 Å². The standard InChI is InChI=1S/C32H29N3O4S2.H3N/c1-2-39-31(36)28-20-40-32(33-28)35-29(18-22-11-12-22)27(17-21-13-15-26(16-14-21)41(37)38)30(34-35)25-10-6-9-24(19-25)23-7-4-3-5-8-23;/h3-10,13-16,19-20,22,41H,2,11-12,17-18H2,1H3;1H3. The SMILES string of the molecule is CCOC(=O)c1csc(-n2nc(-c3cccc(-c4ccccc4)c3)c(Cc3ccc([SH+](=O)[O-])cc3)c2CC2CC2)n1.N. The van der Waals surface area contributed by atoms with Crippen LogP contribution >= 0.6 is 11.3 Å². The number of hydrogen-bond acceptors (Lipinski definition) is 8. The van der Waals surface area contributed by atoms with E-state index in [1.165, 1.54) is 24.2 Å². The van der Waals surface area contributed by atoms with Gasteiger partial charge in [-0.05, 0) is 67.0 Å². The molecule has 42 heavy (non-hydrogen) atoms. The summed E-state index contributed by atoms with van der Waals surface area (Å²) < 4.78 is 30.0. The monoisotopic (exact) mass is 600 g/mol. The number of carbonyl (C=O) groups excluding carboxylic acids is 1. The maximum atomic E-state index is 12.4. The molecule has 8 nitrogen and oxygen atoms in total. The van der Waals surface area contributed by atoms with Crippen LogP contribution in [0.4, 0.5) is 0 Å². The normalized spacial score (nSPS) is 13.4. The summed E-state index contributed by atoms with van der Waals surface area (Å²) in [5, 5.41) is 7.48. The lowest BCUT2D eigenvalue weighted by molar-refractivity contribution is 0.0520. The molecule has 0 radical (unpaired) electrons. The van der Waals surface area contributed by atoms with Gasteiger partial charge in [-0.15, -0.1) is 15.5 Å². The van der Waals surface area contributed by atoms with Gasteiger partial charge >= 0.3 is 5.97 Å². The molecule has 216 valence electrons. The second-order valence-corrected chi connectivity index (χ2v) is 12.0. The fraction of sp³-hybridized carbons (Fsp3) is 0.219. The highest BCUT2D eigenvalue weighted by molar-refractivity contribution is 7.79. The molecule has 0 aliphatic heterocycles. The molecule has 2 heterocycles. The van der Waals surface area contributed by atoms with Gasteiger partial charge in [-0.3, -0.25) is 0 Å². The Labute approximate surface area is 251 Å². The molecule has 1 unspecified atom stereocenters. The highest BCUT2D eigenvalue weighted by atomic mass is 32.2. The quantitative estimate of drug-likeness (QED) is 0.107. The van der Waals surface area contributed by atoms with Crippen molar-refractivity contribution in [3.05, 3.63) is 107 Å². The van der Waals surface area contributed by atoms with Gasteiger partial charge in [-0.25, -0.2) is 14.5 Å². The van der Waals surface area contributed by atoms with E-state index in [0.29, 0.717) is 22.4 Å². The second kappa shape index (κ2) is 12.9. The Morgan fingerprint density at radius 1 is 1.02 bits per heavy atom. The highest BCUT2D eigenvalue weighted by Crippen LogP contribution is 2.38. The van der Waals surface area contributed by atoms with Gasteiger partial charge in [0.1, 0.15) is 0 Å². The molecule has 0 bridgehead atoms. The molecular weight excluding hydrogens is 569 g/mol. The molecule has 1 aliphatic rings. The van der Waals surface area contributed by atoms with Gasteiger partial charge in [0, 0.05) is 22.9 Å². The Bertz CT molecular complexity index is 1710. The minimum atomic E-state index is -2.64. The van der Waals surface area contributed by atoms with Gasteiger partial charge in [0.25, 0.3) is 0 Å². The number of benzene rings is 3. The maximum absolute atomic E-state index is 12.4. The summed E-state index contributed by atoms with van der Waals surface area (Å²) in [6, 6.07) is 25.6. The first-order valence-corrected chi connectivity index (χ1v) is 15.7. The van der Waals surface area contributed by atoms with Gasteiger partial charge < -0.3 is 15.4 Å². The Morgan fingerprint density at radius 3 is 2.43 bits per heavy atom. The lowest BCUT2D eigenvalue weighted by Crippen LogP contribution is -2.08.